The molecule has 0 aromatic heterocycles. The molecular formula is C16H23NO. The van der Waals surface area contributed by atoms with Gasteiger partial charge in [0.15, 0.2) is 0 Å². The Labute approximate surface area is 110 Å². The molecule has 4 bridgehead atoms. The highest BCUT2D eigenvalue weighted by molar-refractivity contribution is 5.80. The molecule has 4 saturated carbocycles. The van der Waals surface area contributed by atoms with Gasteiger partial charge < -0.3 is 5.32 Å². The Morgan fingerprint density at radius 1 is 1.22 bits per heavy atom. The Balaban J connectivity index is 1.69. The third kappa shape index (κ3) is 1.94. The topological polar surface area (TPSA) is 29.1 Å². The summed E-state index contributed by atoms with van der Waals surface area (Å²) in [7, 11) is 0. The lowest BCUT2D eigenvalue weighted by Gasteiger charge is -2.53. The first-order valence-corrected chi connectivity index (χ1v) is 7.47. The van der Waals surface area contributed by atoms with Crippen molar-refractivity contribution in [2.45, 2.75) is 51.5 Å². The van der Waals surface area contributed by atoms with E-state index in [2.05, 4.69) is 11.2 Å². The maximum absolute atomic E-state index is 12.5. The van der Waals surface area contributed by atoms with E-state index in [0.717, 1.165) is 18.3 Å². The quantitative estimate of drug-likeness (QED) is 0.761. The standard InChI is InChI=1S/C16H23NO/c1-3-14(4-2)17-16(18)15-12-6-10-5-11(8-12)9-13(15)7-10/h1,10-15H,4-9H2,2H3,(H,17,18). The van der Waals surface area contributed by atoms with Gasteiger partial charge in [-0.25, -0.2) is 0 Å². The minimum Gasteiger partial charge on any atom is -0.342 e. The van der Waals surface area contributed by atoms with Crippen LogP contribution in [0.4, 0.5) is 0 Å². The first-order valence-electron chi connectivity index (χ1n) is 7.47. The fourth-order valence-corrected chi connectivity index (χ4v) is 4.88. The molecule has 2 nitrogen and oxygen atoms in total. The summed E-state index contributed by atoms with van der Waals surface area (Å²) in [5.74, 6) is 6.33. The second-order valence-corrected chi connectivity index (χ2v) is 6.59. The maximum Gasteiger partial charge on any atom is 0.224 e. The Morgan fingerprint density at radius 2 is 1.78 bits per heavy atom. The van der Waals surface area contributed by atoms with Crippen LogP contribution in [0.5, 0.6) is 0 Å². The monoisotopic (exact) mass is 245 g/mol. The minimum absolute atomic E-state index is 0.0744. The molecule has 0 saturated heterocycles. The summed E-state index contributed by atoms with van der Waals surface area (Å²) in [5.41, 5.74) is 0. The van der Waals surface area contributed by atoms with Crippen LogP contribution in [0.1, 0.15) is 45.4 Å². The van der Waals surface area contributed by atoms with Crippen LogP contribution in [0, 0.1) is 41.9 Å². The van der Waals surface area contributed by atoms with E-state index in [9.17, 15) is 4.79 Å². The van der Waals surface area contributed by atoms with Gasteiger partial charge in [0.25, 0.3) is 0 Å². The van der Waals surface area contributed by atoms with E-state index in [1.54, 1.807) is 0 Å². The molecule has 0 radical (unpaired) electrons. The molecule has 1 atom stereocenters. The predicted octanol–water partition coefficient (Wildman–Crippen LogP) is 2.59. The Hall–Kier alpha value is -0.970. The number of amides is 1. The molecule has 4 aliphatic carbocycles. The van der Waals surface area contributed by atoms with E-state index in [0.29, 0.717) is 11.8 Å². The molecule has 2 heteroatoms. The van der Waals surface area contributed by atoms with Gasteiger partial charge in [0, 0.05) is 5.92 Å². The molecule has 4 rings (SSSR count). The number of rotatable bonds is 3. The Morgan fingerprint density at radius 3 is 2.22 bits per heavy atom. The molecule has 0 aliphatic heterocycles. The number of carbonyl (C=O) groups is 1. The molecule has 0 heterocycles. The fourth-order valence-electron chi connectivity index (χ4n) is 4.88. The Bertz CT molecular complexity index is 353. The number of terminal acetylenes is 1. The summed E-state index contributed by atoms with van der Waals surface area (Å²) in [4.78, 5) is 12.5. The molecule has 4 aliphatic rings. The molecule has 4 fully saturated rings. The average Bonchev–Trinajstić information content (AvgIpc) is 2.34. The third-order valence-corrected chi connectivity index (χ3v) is 5.46. The van der Waals surface area contributed by atoms with Crippen molar-refractivity contribution in [3.05, 3.63) is 0 Å². The van der Waals surface area contributed by atoms with E-state index in [-0.39, 0.29) is 17.9 Å². The SMILES string of the molecule is C#CC(CC)NC(=O)C1C2CC3CC(C2)CC1C3. The normalized spacial score (nSPS) is 42.3. The summed E-state index contributed by atoms with van der Waals surface area (Å²) in [6.07, 6.45) is 12.9. The second-order valence-electron chi connectivity index (χ2n) is 6.59. The highest BCUT2D eigenvalue weighted by Gasteiger charge is 2.50. The van der Waals surface area contributed by atoms with Gasteiger partial charge in [-0.1, -0.05) is 12.8 Å². The zero-order valence-electron chi connectivity index (χ0n) is 11.2. The average molecular weight is 245 g/mol. The van der Waals surface area contributed by atoms with Crippen LogP contribution < -0.4 is 5.32 Å². The van der Waals surface area contributed by atoms with Crippen LogP contribution in [-0.4, -0.2) is 11.9 Å². The number of carbonyl (C=O) groups excluding carboxylic acids is 1. The van der Waals surface area contributed by atoms with Crippen molar-refractivity contribution in [1.82, 2.24) is 5.32 Å². The third-order valence-electron chi connectivity index (χ3n) is 5.46. The molecule has 1 N–H and O–H groups in total. The van der Waals surface area contributed by atoms with Crippen LogP contribution in [0.2, 0.25) is 0 Å². The van der Waals surface area contributed by atoms with Crippen molar-refractivity contribution < 1.29 is 4.79 Å². The Kier molecular flexibility index (Phi) is 3.09. The molecule has 0 spiro atoms. The maximum atomic E-state index is 12.5. The number of hydrogen-bond donors (Lipinski definition) is 1. The minimum atomic E-state index is -0.0744. The first kappa shape index (κ1) is 12.1. The van der Waals surface area contributed by atoms with E-state index in [4.69, 9.17) is 6.42 Å². The van der Waals surface area contributed by atoms with Crippen molar-refractivity contribution >= 4 is 5.91 Å². The predicted molar refractivity (Wildman–Crippen MR) is 71.6 cm³/mol. The lowest BCUT2D eigenvalue weighted by atomic mass is 9.51. The number of nitrogens with one attached hydrogen (secondary N) is 1. The zero-order chi connectivity index (χ0) is 12.7. The van der Waals surface area contributed by atoms with Gasteiger partial charge in [0.2, 0.25) is 5.91 Å². The molecule has 0 aromatic rings. The van der Waals surface area contributed by atoms with Crippen molar-refractivity contribution in [3.8, 4) is 12.3 Å². The highest BCUT2D eigenvalue weighted by Crippen LogP contribution is 2.56. The summed E-state index contributed by atoms with van der Waals surface area (Å²) in [5, 5.41) is 3.07. The summed E-state index contributed by atoms with van der Waals surface area (Å²) < 4.78 is 0. The van der Waals surface area contributed by atoms with Gasteiger partial charge >= 0.3 is 0 Å². The number of hydrogen-bond acceptors (Lipinski definition) is 1. The molecule has 1 unspecified atom stereocenters. The van der Waals surface area contributed by atoms with E-state index in [1.165, 1.54) is 32.1 Å². The fraction of sp³-hybridized carbons (Fsp3) is 0.812. The summed E-state index contributed by atoms with van der Waals surface area (Å²) in [6, 6.07) is -0.0744. The van der Waals surface area contributed by atoms with Crippen LogP contribution in [0.25, 0.3) is 0 Å². The lowest BCUT2D eigenvalue weighted by molar-refractivity contribution is -0.138. The van der Waals surface area contributed by atoms with Crippen molar-refractivity contribution in [2.75, 3.05) is 0 Å². The van der Waals surface area contributed by atoms with Gasteiger partial charge in [-0.3, -0.25) is 4.79 Å². The highest BCUT2D eigenvalue weighted by atomic mass is 16.2. The van der Waals surface area contributed by atoms with Crippen LogP contribution in [0.15, 0.2) is 0 Å². The van der Waals surface area contributed by atoms with Crippen molar-refractivity contribution in [3.63, 3.8) is 0 Å². The van der Waals surface area contributed by atoms with Crippen LogP contribution >= 0.6 is 0 Å². The van der Waals surface area contributed by atoms with Gasteiger partial charge in [0.1, 0.15) is 0 Å². The van der Waals surface area contributed by atoms with E-state index < -0.39 is 0 Å². The molecule has 18 heavy (non-hydrogen) atoms. The van der Waals surface area contributed by atoms with Gasteiger partial charge in [-0.2, -0.15) is 0 Å². The second kappa shape index (κ2) is 4.61. The van der Waals surface area contributed by atoms with Gasteiger partial charge in [-0.15, -0.1) is 6.42 Å². The van der Waals surface area contributed by atoms with Crippen LogP contribution in [0.3, 0.4) is 0 Å². The van der Waals surface area contributed by atoms with Crippen molar-refractivity contribution in [2.24, 2.45) is 29.6 Å². The van der Waals surface area contributed by atoms with Crippen LogP contribution in [-0.2, 0) is 4.79 Å². The molecular weight excluding hydrogens is 222 g/mol. The summed E-state index contributed by atoms with van der Waals surface area (Å²) in [6.45, 7) is 2.03. The largest absolute Gasteiger partial charge is 0.342 e. The van der Waals surface area contributed by atoms with E-state index >= 15 is 0 Å². The summed E-state index contributed by atoms with van der Waals surface area (Å²) >= 11 is 0. The van der Waals surface area contributed by atoms with Crippen molar-refractivity contribution in [1.29, 1.82) is 0 Å². The lowest BCUT2D eigenvalue weighted by Crippen LogP contribution is -2.52. The zero-order valence-corrected chi connectivity index (χ0v) is 11.2. The molecule has 98 valence electrons. The molecule has 0 aromatic carbocycles. The van der Waals surface area contributed by atoms with E-state index in [1.807, 2.05) is 6.92 Å². The van der Waals surface area contributed by atoms with Gasteiger partial charge in [0.05, 0.1) is 6.04 Å². The van der Waals surface area contributed by atoms with Gasteiger partial charge in [-0.05, 0) is 62.2 Å². The smallest absolute Gasteiger partial charge is 0.224 e. The molecule has 1 amide bonds. The first-order chi connectivity index (χ1) is 8.71.